The van der Waals surface area contributed by atoms with Gasteiger partial charge in [0.15, 0.2) is 11.5 Å². The lowest BCUT2D eigenvalue weighted by atomic mass is 10.1. The lowest BCUT2D eigenvalue weighted by Gasteiger charge is -2.14. The Morgan fingerprint density at radius 2 is 2.09 bits per heavy atom. The smallest absolute Gasteiger partial charge is 0.335 e. The van der Waals surface area contributed by atoms with Crippen molar-refractivity contribution in [1.29, 1.82) is 0 Å². The Bertz CT molecular complexity index is 699. The average molecular weight is 320 g/mol. The van der Waals surface area contributed by atoms with E-state index in [0.717, 1.165) is 0 Å². The van der Waals surface area contributed by atoms with Gasteiger partial charge < -0.3 is 19.9 Å². The summed E-state index contributed by atoms with van der Waals surface area (Å²) in [7, 11) is 2.79. The zero-order valence-corrected chi connectivity index (χ0v) is 12.6. The minimum absolute atomic E-state index is 0.0192. The fraction of sp³-hybridized carbons (Fsp3) is 0.286. The van der Waals surface area contributed by atoms with Crippen molar-refractivity contribution in [3.8, 4) is 11.5 Å². The Morgan fingerprint density at radius 1 is 1.30 bits per heavy atom. The van der Waals surface area contributed by atoms with Crippen molar-refractivity contribution in [1.82, 2.24) is 14.8 Å². The second-order valence-electron chi connectivity index (χ2n) is 4.52. The molecule has 1 aromatic carbocycles. The number of benzene rings is 1. The van der Waals surface area contributed by atoms with Crippen LogP contribution in [0.3, 0.4) is 0 Å². The second-order valence-corrected chi connectivity index (χ2v) is 4.52. The van der Waals surface area contributed by atoms with Crippen molar-refractivity contribution >= 4 is 17.6 Å². The summed E-state index contributed by atoms with van der Waals surface area (Å²) in [6.07, 6.45) is 3.02. The van der Waals surface area contributed by atoms with Crippen LogP contribution in [0.15, 0.2) is 24.8 Å². The van der Waals surface area contributed by atoms with Crippen LogP contribution < -0.4 is 14.8 Å². The predicted octanol–water partition coefficient (Wildman–Crippen LogP) is 1.02. The molecule has 9 nitrogen and oxygen atoms in total. The van der Waals surface area contributed by atoms with Crippen molar-refractivity contribution in [2.75, 3.05) is 19.5 Å². The molecule has 23 heavy (non-hydrogen) atoms. The number of aryl methyl sites for hydroxylation is 1. The molecule has 1 amide bonds. The molecule has 2 N–H and O–H groups in total. The van der Waals surface area contributed by atoms with E-state index in [1.807, 2.05) is 0 Å². The second kappa shape index (κ2) is 7.25. The van der Waals surface area contributed by atoms with E-state index >= 15 is 0 Å². The van der Waals surface area contributed by atoms with Crippen molar-refractivity contribution in [3.63, 3.8) is 0 Å². The molecule has 0 bridgehead atoms. The van der Waals surface area contributed by atoms with Crippen molar-refractivity contribution < 1.29 is 24.2 Å². The summed E-state index contributed by atoms with van der Waals surface area (Å²) in [6.45, 7) is 0.351. The Morgan fingerprint density at radius 3 is 2.65 bits per heavy atom. The van der Waals surface area contributed by atoms with Crippen molar-refractivity contribution in [2.45, 2.75) is 13.0 Å². The van der Waals surface area contributed by atoms with Crippen LogP contribution in [0.5, 0.6) is 11.5 Å². The van der Waals surface area contributed by atoms with Gasteiger partial charge in [-0.1, -0.05) is 0 Å². The fourth-order valence-electron chi connectivity index (χ4n) is 1.96. The summed E-state index contributed by atoms with van der Waals surface area (Å²) in [5, 5.41) is 15.6. The number of aromatic carboxylic acids is 1. The van der Waals surface area contributed by atoms with E-state index in [-0.39, 0.29) is 35.1 Å². The number of carboxylic acids is 1. The summed E-state index contributed by atoms with van der Waals surface area (Å²) < 4.78 is 11.8. The van der Waals surface area contributed by atoms with Gasteiger partial charge in [0.25, 0.3) is 0 Å². The molecular formula is C14H16N4O5. The van der Waals surface area contributed by atoms with E-state index in [1.165, 1.54) is 43.7 Å². The van der Waals surface area contributed by atoms with Gasteiger partial charge in [0, 0.05) is 6.42 Å². The Hall–Kier alpha value is -3.10. The molecule has 2 rings (SSSR count). The topological polar surface area (TPSA) is 116 Å². The third-order valence-electron chi connectivity index (χ3n) is 3.03. The van der Waals surface area contributed by atoms with Crippen LogP contribution in [0.25, 0.3) is 0 Å². The first-order valence-electron chi connectivity index (χ1n) is 6.66. The van der Waals surface area contributed by atoms with Crippen LogP contribution in [0, 0.1) is 0 Å². The van der Waals surface area contributed by atoms with Crippen molar-refractivity contribution in [3.05, 3.63) is 30.4 Å². The number of rotatable bonds is 7. The molecule has 1 aromatic heterocycles. The number of aromatic nitrogens is 3. The van der Waals surface area contributed by atoms with Gasteiger partial charge in [0.1, 0.15) is 12.7 Å². The van der Waals surface area contributed by atoms with Crippen molar-refractivity contribution in [2.24, 2.45) is 0 Å². The summed E-state index contributed by atoms with van der Waals surface area (Å²) in [5.74, 6) is -0.974. The highest BCUT2D eigenvalue weighted by Gasteiger charge is 2.17. The van der Waals surface area contributed by atoms with E-state index in [4.69, 9.17) is 14.6 Å². The molecule has 0 radical (unpaired) electrons. The molecule has 1 heterocycles. The molecule has 0 aliphatic rings. The number of hydrogen-bond acceptors (Lipinski definition) is 6. The van der Waals surface area contributed by atoms with Crippen LogP contribution in [0.1, 0.15) is 16.8 Å². The molecule has 0 aliphatic carbocycles. The number of carboxylic acid groups (broad SMARTS) is 1. The van der Waals surface area contributed by atoms with Gasteiger partial charge in [-0.2, -0.15) is 5.10 Å². The normalized spacial score (nSPS) is 10.2. The minimum atomic E-state index is -1.14. The van der Waals surface area contributed by atoms with Gasteiger partial charge in [-0.15, -0.1) is 0 Å². The number of hydrogen-bond donors (Lipinski definition) is 2. The standard InChI is InChI=1S/C14H16N4O5/c1-22-11-6-9(14(20)21)5-10(13(11)23-2)17-12(19)3-4-18-8-15-7-16-18/h5-8H,3-4H2,1-2H3,(H,17,19)(H,20,21). The van der Waals surface area contributed by atoms with Gasteiger partial charge in [-0.3, -0.25) is 9.48 Å². The van der Waals surface area contributed by atoms with Crippen LogP contribution in [-0.4, -0.2) is 46.0 Å². The van der Waals surface area contributed by atoms with Crippen LogP contribution in [-0.2, 0) is 11.3 Å². The third kappa shape index (κ3) is 3.96. The first-order valence-corrected chi connectivity index (χ1v) is 6.66. The maximum absolute atomic E-state index is 12.0. The summed E-state index contributed by atoms with van der Waals surface area (Å²) in [4.78, 5) is 27.0. The number of carbonyl (C=O) groups is 2. The SMILES string of the molecule is COc1cc(C(=O)O)cc(NC(=O)CCn2cncn2)c1OC. The molecule has 122 valence electrons. The lowest BCUT2D eigenvalue weighted by Crippen LogP contribution is -2.16. The summed E-state index contributed by atoms with van der Waals surface area (Å²) in [6, 6.07) is 2.64. The summed E-state index contributed by atoms with van der Waals surface area (Å²) >= 11 is 0. The number of nitrogens with zero attached hydrogens (tertiary/aromatic N) is 3. The highest BCUT2D eigenvalue weighted by molar-refractivity contribution is 5.96. The third-order valence-corrected chi connectivity index (χ3v) is 3.03. The van der Waals surface area contributed by atoms with Crippen LogP contribution >= 0.6 is 0 Å². The van der Waals surface area contributed by atoms with E-state index in [1.54, 1.807) is 0 Å². The molecule has 0 spiro atoms. The van der Waals surface area contributed by atoms with E-state index in [2.05, 4.69) is 15.4 Å². The molecule has 0 saturated carbocycles. The number of amides is 1. The fourth-order valence-corrected chi connectivity index (χ4v) is 1.96. The Kier molecular flexibility index (Phi) is 5.13. The average Bonchev–Trinajstić information content (AvgIpc) is 3.05. The maximum Gasteiger partial charge on any atom is 0.335 e. The largest absolute Gasteiger partial charge is 0.493 e. The van der Waals surface area contributed by atoms with E-state index in [9.17, 15) is 9.59 Å². The lowest BCUT2D eigenvalue weighted by molar-refractivity contribution is -0.116. The highest BCUT2D eigenvalue weighted by Crippen LogP contribution is 2.36. The molecule has 9 heteroatoms. The number of carbonyl (C=O) groups excluding carboxylic acids is 1. The number of methoxy groups -OCH3 is 2. The van der Waals surface area contributed by atoms with Gasteiger partial charge in [-0.05, 0) is 12.1 Å². The molecule has 0 saturated heterocycles. The van der Waals surface area contributed by atoms with Crippen LogP contribution in [0.4, 0.5) is 5.69 Å². The zero-order valence-electron chi connectivity index (χ0n) is 12.6. The molecule has 0 fully saturated rings. The minimum Gasteiger partial charge on any atom is -0.493 e. The quantitative estimate of drug-likeness (QED) is 0.782. The Balaban J connectivity index is 2.17. The first kappa shape index (κ1) is 16.3. The molecule has 2 aromatic rings. The van der Waals surface area contributed by atoms with E-state index < -0.39 is 5.97 Å². The van der Waals surface area contributed by atoms with Gasteiger partial charge >= 0.3 is 5.97 Å². The van der Waals surface area contributed by atoms with Gasteiger partial charge in [-0.25, -0.2) is 9.78 Å². The molecular weight excluding hydrogens is 304 g/mol. The first-order chi connectivity index (χ1) is 11.0. The van der Waals surface area contributed by atoms with Gasteiger partial charge in [0.2, 0.25) is 5.91 Å². The number of nitrogens with one attached hydrogen (secondary N) is 1. The predicted molar refractivity (Wildman–Crippen MR) is 79.8 cm³/mol. The maximum atomic E-state index is 12.0. The highest BCUT2D eigenvalue weighted by atomic mass is 16.5. The van der Waals surface area contributed by atoms with Crippen LogP contribution in [0.2, 0.25) is 0 Å². The van der Waals surface area contributed by atoms with Gasteiger partial charge in [0.05, 0.1) is 32.0 Å². The summed E-state index contributed by atoms with van der Waals surface area (Å²) in [5.41, 5.74) is 0.210. The number of ether oxygens (including phenoxy) is 2. The molecule has 0 unspecified atom stereocenters. The Labute approximate surface area is 131 Å². The molecule has 0 aliphatic heterocycles. The molecule has 0 atom stereocenters. The monoisotopic (exact) mass is 320 g/mol. The zero-order chi connectivity index (χ0) is 16.8. The van der Waals surface area contributed by atoms with E-state index in [0.29, 0.717) is 6.54 Å². The number of anilines is 1.